The molecule has 10 nitrogen and oxygen atoms in total. The molecule has 0 aromatic rings. The largest absolute Gasteiger partial charge is 0.480 e. The number of aliphatic carboxylic acids is 1. The third kappa shape index (κ3) is 8.18. The number of rotatable bonds is 11. The Morgan fingerprint density at radius 2 is 1.72 bits per heavy atom. The summed E-state index contributed by atoms with van der Waals surface area (Å²) in [5.74, 6) is -3.52. The van der Waals surface area contributed by atoms with Gasteiger partial charge in [-0.15, -0.1) is 0 Å². The van der Waals surface area contributed by atoms with E-state index in [2.05, 4.69) is 28.6 Å². The van der Waals surface area contributed by atoms with Crippen LogP contribution in [-0.4, -0.2) is 70.9 Å². The number of amides is 3. The van der Waals surface area contributed by atoms with Crippen molar-refractivity contribution in [2.24, 2.45) is 11.7 Å². The van der Waals surface area contributed by atoms with Gasteiger partial charge in [0.2, 0.25) is 17.7 Å². The topological polar surface area (TPSA) is 171 Å². The summed E-state index contributed by atoms with van der Waals surface area (Å²) < 4.78 is 0. The van der Waals surface area contributed by atoms with Gasteiger partial charge in [-0.3, -0.25) is 14.4 Å². The molecule has 25 heavy (non-hydrogen) atoms. The number of nitrogens with one attached hydrogen (secondary N) is 3. The highest BCUT2D eigenvalue weighted by Crippen LogP contribution is 2.04. The van der Waals surface area contributed by atoms with Crippen molar-refractivity contribution < 1.29 is 29.4 Å². The quantitative estimate of drug-likeness (QED) is 0.194. The van der Waals surface area contributed by atoms with Crippen LogP contribution < -0.4 is 21.7 Å². The van der Waals surface area contributed by atoms with Crippen molar-refractivity contribution in [3.8, 4) is 0 Å². The highest BCUT2D eigenvalue weighted by atomic mass is 32.1. The lowest BCUT2D eigenvalue weighted by molar-refractivity contribution is -0.143. The second-order valence-electron chi connectivity index (χ2n) is 5.51. The minimum atomic E-state index is -1.49. The molecule has 0 aliphatic heterocycles. The van der Waals surface area contributed by atoms with Crippen LogP contribution in [0.4, 0.5) is 0 Å². The van der Waals surface area contributed by atoms with Crippen LogP contribution in [0.2, 0.25) is 0 Å². The Morgan fingerprint density at radius 1 is 1.12 bits per heavy atom. The minimum absolute atomic E-state index is 0.0505. The first kappa shape index (κ1) is 23.1. The van der Waals surface area contributed by atoms with Gasteiger partial charge < -0.3 is 31.9 Å². The molecule has 4 atom stereocenters. The van der Waals surface area contributed by atoms with E-state index in [-0.39, 0.29) is 18.2 Å². The van der Waals surface area contributed by atoms with E-state index in [1.165, 1.54) is 0 Å². The summed E-state index contributed by atoms with van der Waals surface area (Å²) >= 11 is 3.92. The molecule has 0 aliphatic carbocycles. The summed E-state index contributed by atoms with van der Waals surface area (Å²) in [6.45, 7) is 2.52. The summed E-state index contributed by atoms with van der Waals surface area (Å²) in [6, 6.07) is -3.35. The first-order valence-electron chi connectivity index (χ1n) is 7.75. The Bertz CT molecular complexity index is 490. The van der Waals surface area contributed by atoms with E-state index in [0.29, 0.717) is 6.42 Å². The number of carbonyl (C=O) groups is 4. The van der Waals surface area contributed by atoms with Crippen molar-refractivity contribution in [3.05, 3.63) is 0 Å². The molecule has 0 radical (unpaired) electrons. The second kappa shape index (κ2) is 11.7. The molecule has 0 spiro atoms. The molecule has 0 bridgehead atoms. The first-order chi connectivity index (χ1) is 11.7. The number of hydrogen-bond donors (Lipinski definition) is 7. The van der Waals surface area contributed by atoms with Crippen LogP contribution in [0.3, 0.4) is 0 Å². The summed E-state index contributed by atoms with van der Waals surface area (Å²) in [7, 11) is 0. The first-order valence-corrected chi connectivity index (χ1v) is 8.38. The SMILES string of the molecule is CCC(C)C(N)C(=O)NCC(=O)NC(CS)C(=O)NC(CO)C(=O)O. The van der Waals surface area contributed by atoms with Gasteiger partial charge in [-0.2, -0.15) is 12.6 Å². The monoisotopic (exact) mass is 378 g/mol. The van der Waals surface area contributed by atoms with Gasteiger partial charge >= 0.3 is 5.97 Å². The highest BCUT2D eigenvalue weighted by Gasteiger charge is 2.26. The fourth-order valence-corrected chi connectivity index (χ4v) is 1.95. The molecule has 0 aromatic heterocycles. The smallest absolute Gasteiger partial charge is 0.328 e. The standard InChI is InChI=1S/C14H26N4O6S/c1-3-7(2)11(15)13(22)16-4-10(20)17-9(6-25)12(21)18-8(5-19)14(23)24/h7-9,11,19,25H,3-6,15H2,1-2H3,(H,16,22)(H,17,20)(H,18,21)(H,23,24). The van der Waals surface area contributed by atoms with Crippen molar-refractivity contribution in [2.45, 2.75) is 38.4 Å². The summed E-state index contributed by atoms with van der Waals surface area (Å²) in [5.41, 5.74) is 5.73. The number of aliphatic hydroxyl groups is 1. The predicted octanol–water partition coefficient (Wildman–Crippen LogP) is -2.55. The van der Waals surface area contributed by atoms with Crippen LogP contribution in [0, 0.1) is 5.92 Å². The molecule has 0 saturated carbocycles. The highest BCUT2D eigenvalue weighted by molar-refractivity contribution is 7.80. The van der Waals surface area contributed by atoms with E-state index in [0.717, 1.165) is 0 Å². The summed E-state index contributed by atoms with van der Waals surface area (Å²) in [4.78, 5) is 46.3. The van der Waals surface area contributed by atoms with Gasteiger partial charge in [-0.25, -0.2) is 4.79 Å². The van der Waals surface area contributed by atoms with Crippen LogP contribution in [0.25, 0.3) is 0 Å². The number of carboxylic acids is 1. The second-order valence-corrected chi connectivity index (χ2v) is 5.88. The van der Waals surface area contributed by atoms with E-state index in [9.17, 15) is 19.2 Å². The van der Waals surface area contributed by atoms with E-state index in [1.54, 1.807) is 0 Å². The molecule has 0 aliphatic rings. The maximum Gasteiger partial charge on any atom is 0.328 e. The lowest BCUT2D eigenvalue weighted by atomic mass is 9.99. The lowest BCUT2D eigenvalue weighted by Crippen LogP contribution is -2.55. The molecule has 3 amide bonds. The Labute approximate surface area is 151 Å². The zero-order chi connectivity index (χ0) is 19.6. The fraction of sp³-hybridized carbons (Fsp3) is 0.714. The number of nitrogens with two attached hydrogens (primary N) is 1. The normalized spacial score (nSPS) is 15.4. The molecule has 0 heterocycles. The zero-order valence-electron chi connectivity index (χ0n) is 14.2. The van der Waals surface area contributed by atoms with Gasteiger partial charge in [0.25, 0.3) is 0 Å². The van der Waals surface area contributed by atoms with Gasteiger partial charge in [-0.1, -0.05) is 20.3 Å². The van der Waals surface area contributed by atoms with E-state index in [4.69, 9.17) is 15.9 Å². The van der Waals surface area contributed by atoms with Gasteiger partial charge in [0.1, 0.15) is 12.1 Å². The molecule has 0 saturated heterocycles. The van der Waals surface area contributed by atoms with Gasteiger partial charge in [-0.05, 0) is 5.92 Å². The van der Waals surface area contributed by atoms with E-state index in [1.807, 2.05) is 13.8 Å². The number of carbonyl (C=O) groups excluding carboxylic acids is 3. The van der Waals surface area contributed by atoms with Crippen LogP contribution in [0.5, 0.6) is 0 Å². The average molecular weight is 378 g/mol. The van der Waals surface area contributed by atoms with Crippen molar-refractivity contribution in [1.82, 2.24) is 16.0 Å². The fourth-order valence-electron chi connectivity index (χ4n) is 1.69. The Kier molecular flexibility index (Phi) is 10.8. The van der Waals surface area contributed by atoms with Gasteiger partial charge in [0, 0.05) is 5.75 Å². The number of hydrogen-bond acceptors (Lipinski definition) is 7. The third-order valence-corrected chi connectivity index (χ3v) is 3.98. The van der Waals surface area contributed by atoms with Crippen molar-refractivity contribution in [3.63, 3.8) is 0 Å². The molecule has 11 heteroatoms. The molecule has 0 rings (SSSR count). The summed E-state index contributed by atoms with van der Waals surface area (Å²) in [6.07, 6.45) is 0.707. The van der Waals surface area contributed by atoms with Gasteiger partial charge in [0.05, 0.1) is 19.2 Å². The van der Waals surface area contributed by atoms with Crippen LogP contribution >= 0.6 is 12.6 Å². The van der Waals surface area contributed by atoms with Crippen LogP contribution in [-0.2, 0) is 19.2 Å². The summed E-state index contributed by atoms with van der Waals surface area (Å²) in [5, 5.41) is 24.4. The lowest BCUT2D eigenvalue weighted by Gasteiger charge is -2.20. The molecule has 0 fully saturated rings. The Morgan fingerprint density at radius 3 is 2.16 bits per heavy atom. The van der Waals surface area contributed by atoms with Crippen LogP contribution in [0.1, 0.15) is 20.3 Å². The average Bonchev–Trinajstić information content (AvgIpc) is 2.59. The molecular formula is C14H26N4O6S. The Balaban J connectivity index is 4.52. The number of aliphatic hydroxyl groups excluding tert-OH is 1. The van der Waals surface area contributed by atoms with Crippen molar-refractivity contribution in [2.75, 3.05) is 18.9 Å². The molecule has 7 N–H and O–H groups in total. The van der Waals surface area contributed by atoms with Crippen LogP contribution in [0.15, 0.2) is 0 Å². The minimum Gasteiger partial charge on any atom is -0.480 e. The van der Waals surface area contributed by atoms with E-state index >= 15 is 0 Å². The maximum atomic E-state index is 11.9. The Hall–Kier alpha value is -1.85. The number of carboxylic acid groups (broad SMARTS) is 1. The number of thiol groups is 1. The van der Waals surface area contributed by atoms with Gasteiger partial charge in [0.15, 0.2) is 0 Å². The third-order valence-electron chi connectivity index (χ3n) is 3.61. The zero-order valence-corrected chi connectivity index (χ0v) is 15.1. The van der Waals surface area contributed by atoms with E-state index < -0.39 is 48.4 Å². The van der Waals surface area contributed by atoms with Crippen molar-refractivity contribution in [1.29, 1.82) is 0 Å². The molecule has 4 unspecified atom stereocenters. The predicted molar refractivity (Wildman–Crippen MR) is 92.9 cm³/mol. The molecular weight excluding hydrogens is 352 g/mol. The maximum absolute atomic E-state index is 11.9. The molecule has 144 valence electrons. The molecule has 0 aromatic carbocycles. The van der Waals surface area contributed by atoms with Crippen molar-refractivity contribution >= 4 is 36.3 Å².